The molecule has 1 saturated heterocycles. The van der Waals surface area contributed by atoms with Crippen molar-refractivity contribution in [1.29, 1.82) is 0 Å². The van der Waals surface area contributed by atoms with Crippen LogP contribution in [0.4, 0.5) is 4.79 Å². The largest absolute Gasteiger partial charge is 0.445 e. The fraction of sp³-hybridized carbons (Fsp3) is 0.529. The van der Waals surface area contributed by atoms with Gasteiger partial charge in [0, 0.05) is 25.0 Å². The highest BCUT2D eigenvalue weighted by atomic mass is 16.6. The Kier molecular flexibility index (Phi) is 5.81. The summed E-state index contributed by atoms with van der Waals surface area (Å²) in [4.78, 5) is 25.6. The first kappa shape index (κ1) is 16.3. The van der Waals surface area contributed by atoms with E-state index in [0.717, 1.165) is 18.4 Å². The predicted octanol–water partition coefficient (Wildman–Crippen LogP) is 2.56. The van der Waals surface area contributed by atoms with Crippen molar-refractivity contribution >= 4 is 12.0 Å². The molecule has 120 valence electrons. The van der Waals surface area contributed by atoms with E-state index in [0.29, 0.717) is 13.1 Å². The van der Waals surface area contributed by atoms with Crippen LogP contribution in [0.2, 0.25) is 0 Å². The van der Waals surface area contributed by atoms with Crippen molar-refractivity contribution < 1.29 is 14.3 Å². The number of ether oxygens (including phenoxy) is 1. The molecule has 0 aromatic heterocycles. The summed E-state index contributed by atoms with van der Waals surface area (Å²) in [7, 11) is 0. The number of rotatable bonds is 4. The number of likely N-dealkylation sites (tertiary alicyclic amines) is 1. The number of carbonyl (C=O) groups excluding carboxylic acids is 2. The number of nitrogens with zero attached hydrogens (tertiary/aromatic N) is 1. The summed E-state index contributed by atoms with van der Waals surface area (Å²) in [6.07, 6.45) is 1.47. The van der Waals surface area contributed by atoms with Crippen molar-refractivity contribution in [3.63, 3.8) is 0 Å². The van der Waals surface area contributed by atoms with Gasteiger partial charge < -0.3 is 15.0 Å². The summed E-state index contributed by atoms with van der Waals surface area (Å²) in [5.74, 6) is -0.00934. The van der Waals surface area contributed by atoms with Gasteiger partial charge in [0.05, 0.1) is 0 Å². The Hall–Kier alpha value is -2.04. The molecule has 22 heavy (non-hydrogen) atoms. The highest BCUT2D eigenvalue weighted by Gasteiger charge is 2.26. The number of hydrogen-bond acceptors (Lipinski definition) is 3. The minimum atomic E-state index is -0.313. The van der Waals surface area contributed by atoms with Crippen molar-refractivity contribution in [1.82, 2.24) is 10.2 Å². The zero-order valence-corrected chi connectivity index (χ0v) is 13.2. The summed E-state index contributed by atoms with van der Waals surface area (Å²) < 4.78 is 5.34. The first-order chi connectivity index (χ1) is 10.6. The molecule has 1 aromatic rings. The molecule has 1 fully saturated rings. The predicted molar refractivity (Wildman–Crippen MR) is 84.2 cm³/mol. The summed E-state index contributed by atoms with van der Waals surface area (Å²) in [6, 6.07) is 9.64. The Morgan fingerprint density at radius 2 is 2.05 bits per heavy atom. The van der Waals surface area contributed by atoms with E-state index in [-0.39, 0.29) is 30.6 Å². The van der Waals surface area contributed by atoms with Gasteiger partial charge in [-0.1, -0.05) is 44.2 Å². The first-order valence-corrected chi connectivity index (χ1v) is 7.82. The van der Waals surface area contributed by atoms with Gasteiger partial charge in [0.2, 0.25) is 5.91 Å². The standard InChI is InChI=1S/C17H24N2O3/c1-13(2)16(20)18-15-9-6-10-19(11-15)17(21)22-12-14-7-4-3-5-8-14/h3-5,7-8,13,15H,6,9-12H2,1-2H3,(H,18,20). The lowest BCUT2D eigenvalue weighted by Crippen LogP contribution is -2.50. The number of hydrogen-bond donors (Lipinski definition) is 1. The molecular formula is C17H24N2O3. The lowest BCUT2D eigenvalue weighted by molar-refractivity contribution is -0.125. The van der Waals surface area contributed by atoms with Crippen molar-refractivity contribution in [2.45, 2.75) is 39.3 Å². The third-order valence-electron chi connectivity index (χ3n) is 3.76. The number of piperidine rings is 1. The van der Waals surface area contributed by atoms with Crippen molar-refractivity contribution in [3.05, 3.63) is 35.9 Å². The first-order valence-electron chi connectivity index (χ1n) is 7.82. The van der Waals surface area contributed by atoms with Gasteiger partial charge in [0.1, 0.15) is 6.61 Å². The van der Waals surface area contributed by atoms with Crippen LogP contribution in [0.1, 0.15) is 32.3 Å². The van der Waals surface area contributed by atoms with Crippen LogP contribution in [0.15, 0.2) is 30.3 Å². The minimum Gasteiger partial charge on any atom is -0.445 e. The molecule has 1 aliphatic rings. The average Bonchev–Trinajstić information content (AvgIpc) is 2.53. The fourth-order valence-electron chi connectivity index (χ4n) is 2.44. The number of amides is 2. The topological polar surface area (TPSA) is 58.6 Å². The van der Waals surface area contributed by atoms with E-state index in [2.05, 4.69) is 5.32 Å². The molecule has 0 radical (unpaired) electrons. The number of benzene rings is 1. The second kappa shape index (κ2) is 7.82. The monoisotopic (exact) mass is 304 g/mol. The lowest BCUT2D eigenvalue weighted by Gasteiger charge is -2.32. The van der Waals surface area contributed by atoms with E-state index in [9.17, 15) is 9.59 Å². The third-order valence-corrected chi connectivity index (χ3v) is 3.76. The van der Waals surface area contributed by atoms with Gasteiger partial charge in [-0.05, 0) is 18.4 Å². The van der Waals surface area contributed by atoms with Crippen LogP contribution in [0.5, 0.6) is 0 Å². The summed E-state index contributed by atoms with van der Waals surface area (Å²) >= 11 is 0. The van der Waals surface area contributed by atoms with Gasteiger partial charge in [-0.15, -0.1) is 0 Å². The Labute approximate surface area is 131 Å². The number of nitrogens with one attached hydrogen (secondary N) is 1. The van der Waals surface area contributed by atoms with Crippen LogP contribution in [0.3, 0.4) is 0 Å². The zero-order chi connectivity index (χ0) is 15.9. The van der Waals surface area contributed by atoms with E-state index < -0.39 is 0 Å². The quantitative estimate of drug-likeness (QED) is 0.930. The Morgan fingerprint density at radius 3 is 2.73 bits per heavy atom. The molecule has 5 heteroatoms. The average molecular weight is 304 g/mol. The smallest absolute Gasteiger partial charge is 0.410 e. The molecule has 0 saturated carbocycles. The molecule has 0 bridgehead atoms. The molecule has 1 unspecified atom stereocenters. The van der Waals surface area contributed by atoms with Crippen LogP contribution < -0.4 is 5.32 Å². The molecule has 1 atom stereocenters. The van der Waals surface area contributed by atoms with E-state index in [4.69, 9.17) is 4.74 Å². The lowest BCUT2D eigenvalue weighted by atomic mass is 10.1. The molecule has 2 rings (SSSR count). The summed E-state index contributed by atoms with van der Waals surface area (Å²) in [6.45, 7) is 5.21. The second-order valence-electron chi connectivity index (χ2n) is 5.99. The van der Waals surface area contributed by atoms with Crippen LogP contribution in [0, 0.1) is 5.92 Å². The zero-order valence-electron chi connectivity index (χ0n) is 13.2. The molecule has 1 aliphatic heterocycles. The normalized spacial score (nSPS) is 18.1. The summed E-state index contributed by atoms with van der Waals surface area (Å²) in [5.41, 5.74) is 0.970. The minimum absolute atomic E-state index is 0.0212. The van der Waals surface area contributed by atoms with E-state index in [1.807, 2.05) is 44.2 Å². The van der Waals surface area contributed by atoms with Gasteiger partial charge in [-0.2, -0.15) is 0 Å². The van der Waals surface area contributed by atoms with Crippen LogP contribution in [-0.2, 0) is 16.1 Å². The van der Waals surface area contributed by atoms with Gasteiger partial charge in [-0.25, -0.2) is 4.79 Å². The molecule has 0 spiro atoms. The maximum atomic E-state index is 12.1. The van der Waals surface area contributed by atoms with Crippen LogP contribution in [0.25, 0.3) is 0 Å². The second-order valence-corrected chi connectivity index (χ2v) is 5.99. The third kappa shape index (κ3) is 4.76. The maximum absolute atomic E-state index is 12.1. The molecule has 5 nitrogen and oxygen atoms in total. The molecule has 1 N–H and O–H groups in total. The highest BCUT2D eigenvalue weighted by Crippen LogP contribution is 2.13. The van der Waals surface area contributed by atoms with E-state index in [1.165, 1.54) is 0 Å². The van der Waals surface area contributed by atoms with Gasteiger partial charge in [-0.3, -0.25) is 4.79 Å². The van der Waals surface area contributed by atoms with Crippen LogP contribution >= 0.6 is 0 Å². The fourth-order valence-corrected chi connectivity index (χ4v) is 2.44. The van der Waals surface area contributed by atoms with Crippen molar-refractivity contribution in [2.75, 3.05) is 13.1 Å². The Morgan fingerprint density at radius 1 is 1.32 bits per heavy atom. The molecule has 1 aromatic carbocycles. The Balaban J connectivity index is 1.81. The van der Waals surface area contributed by atoms with Gasteiger partial charge >= 0.3 is 6.09 Å². The summed E-state index contributed by atoms with van der Waals surface area (Å²) in [5, 5.41) is 2.99. The van der Waals surface area contributed by atoms with Crippen molar-refractivity contribution in [2.24, 2.45) is 5.92 Å². The van der Waals surface area contributed by atoms with Crippen molar-refractivity contribution in [3.8, 4) is 0 Å². The van der Waals surface area contributed by atoms with Crippen LogP contribution in [-0.4, -0.2) is 36.0 Å². The molecule has 2 amide bonds. The molecular weight excluding hydrogens is 280 g/mol. The molecule has 1 heterocycles. The highest BCUT2D eigenvalue weighted by molar-refractivity contribution is 5.78. The van der Waals surface area contributed by atoms with E-state index in [1.54, 1.807) is 4.90 Å². The molecule has 0 aliphatic carbocycles. The van der Waals surface area contributed by atoms with Gasteiger partial charge in [0.15, 0.2) is 0 Å². The maximum Gasteiger partial charge on any atom is 0.410 e. The SMILES string of the molecule is CC(C)C(=O)NC1CCCN(C(=O)OCc2ccccc2)C1. The number of carbonyl (C=O) groups is 2. The van der Waals surface area contributed by atoms with E-state index >= 15 is 0 Å². The Bertz CT molecular complexity index is 502. The van der Waals surface area contributed by atoms with Gasteiger partial charge in [0.25, 0.3) is 0 Å².